The van der Waals surface area contributed by atoms with Crippen molar-refractivity contribution in [3.63, 3.8) is 0 Å². The normalized spacial score (nSPS) is 11.9. The lowest BCUT2D eigenvalue weighted by atomic mass is 10.2. The molecule has 0 radical (unpaired) electrons. The van der Waals surface area contributed by atoms with Gasteiger partial charge in [0.2, 0.25) is 0 Å². The highest BCUT2D eigenvalue weighted by atomic mass is 16.6. The first-order chi connectivity index (χ1) is 9.21. The van der Waals surface area contributed by atoms with Crippen LogP contribution in [-0.4, -0.2) is 25.2 Å². The Morgan fingerprint density at radius 2 is 2.11 bits per heavy atom. The van der Waals surface area contributed by atoms with Crippen LogP contribution in [0.4, 0.5) is 0 Å². The van der Waals surface area contributed by atoms with Crippen LogP contribution in [0, 0.1) is 0 Å². The van der Waals surface area contributed by atoms with Crippen molar-refractivity contribution < 1.29 is 14.3 Å². The van der Waals surface area contributed by atoms with Gasteiger partial charge in [0.25, 0.3) is 0 Å². The summed E-state index contributed by atoms with van der Waals surface area (Å²) in [5.41, 5.74) is 1.14. The van der Waals surface area contributed by atoms with E-state index in [-0.39, 0.29) is 5.97 Å². The molecule has 4 nitrogen and oxygen atoms in total. The van der Waals surface area contributed by atoms with E-state index in [1.807, 2.05) is 31.2 Å². The molecule has 0 aliphatic carbocycles. The maximum Gasteiger partial charge on any atom is 0.347 e. The summed E-state index contributed by atoms with van der Waals surface area (Å²) < 4.78 is 10.7. The summed E-state index contributed by atoms with van der Waals surface area (Å²) in [6.07, 6.45) is 0.0605. The lowest BCUT2D eigenvalue weighted by Gasteiger charge is -2.16. The van der Waals surface area contributed by atoms with Gasteiger partial charge in [-0.2, -0.15) is 0 Å². The molecular formula is C15H23NO3. The van der Waals surface area contributed by atoms with E-state index in [0.717, 1.165) is 18.7 Å². The second-order valence-corrected chi connectivity index (χ2v) is 4.19. The molecule has 4 heteroatoms. The summed E-state index contributed by atoms with van der Waals surface area (Å²) in [6, 6.07) is 7.77. The van der Waals surface area contributed by atoms with Crippen molar-refractivity contribution >= 4 is 5.97 Å². The van der Waals surface area contributed by atoms with Gasteiger partial charge in [0.1, 0.15) is 5.75 Å². The molecule has 106 valence electrons. The quantitative estimate of drug-likeness (QED) is 0.734. The fraction of sp³-hybridized carbons (Fsp3) is 0.533. The van der Waals surface area contributed by atoms with Gasteiger partial charge in [-0.1, -0.05) is 26.0 Å². The highest BCUT2D eigenvalue weighted by Crippen LogP contribution is 2.16. The summed E-state index contributed by atoms with van der Waals surface area (Å²) in [6.45, 7) is 7.86. The zero-order chi connectivity index (χ0) is 14.1. The van der Waals surface area contributed by atoms with Crippen molar-refractivity contribution in [3.05, 3.63) is 29.8 Å². The Labute approximate surface area is 115 Å². The summed E-state index contributed by atoms with van der Waals surface area (Å²) >= 11 is 0. The molecule has 0 heterocycles. The largest absolute Gasteiger partial charge is 0.479 e. The van der Waals surface area contributed by atoms with Crippen LogP contribution in [0.25, 0.3) is 0 Å². The molecule has 0 aromatic heterocycles. The first-order valence-corrected chi connectivity index (χ1v) is 6.84. The number of carbonyl (C=O) groups excluding carboxylic acids is 1. The number of esters is 1. The van der Waals surface area contributed by atoms with Crippen molar-refractivity contribution in [2.75, 3.05) is 13.2 Å². The molecule has 0 fully saturated rings. The molecule has 0 spiro atoms. The van der Waals surface area contributed by atoms with Gasteiger partial charge < -0.3 is 14.8 Å². The lowest BCUT2D eigenvalue weighted by Crippen LogP contribution is -2.28. The summed E-state index contributed by atoms with van der Waals surface area (Å²) in [4.78, 5) is 11.7. The molecule has 0 saturated carbocycles. The highest BCUT2D eigenvalue weighted by molar-refractivity contribution is 5.75. The molecule has 1 atom stereocenters. The van der Waals surface area contributed by atoms with Crippen LogP contribution >= 0.6 is 0 Å². The van der Waals surface area contributed by atoms with Gasteiger partial charge in [0, 0.05) is 6.54 Å². The first-order valence-electron chi connectivity index (χ1n) is 6.84. The Balaban J connectivity index is 2.66. The van der Waals surface area contributed by atoms with Crippen LogP contribution in [0.5, 0.6) is 5.75 Å². The van der Waals surface area contributed by atoms with E-state index in [4.69, 9.17) is 9.47 Å². The number of hydrogen-bond donors (Lipinski definition) is 1. The van der Waals surface area contributed by atoms with Crippen LogP contribution in [0.2, 0.25) is 0 Å². The molecule has 1 unspecified atom stereocenters. The zero-order valence-electron chi connectivity index (χ0n) is 11.9. The topological polar surface area (TPSA) is 47.6 Å². The molecule has 19 heavy (non-hydrogen) atoms. The fourth-order valence-electron chi connectivity index (χ4n) is 1.70. The third kappa shape index (κ3) is 5.30. The average Bonchev–Trinajstić information content (AvgIpc) is 2.43. The molecule has 1 rings (SSSR count). The predicted octanol–water partition coefficient (Wildman–Crippen LogP) is 2.52. The Morgan fingerprint density at radius 3 is 2.74 bits per heavy atom. The maximum absolute atomic E-state index is 11.7. The van der Waals surface area contributed by atoms with Crippen molar-refractivity contribution in [1.29, 1.82) is 0 Å². The van der Waals surface area contributed by atoms with Crippen LogP contribution in [0.3, 0.4) is 0 Å². The third-order valence-electron chi connectivity index (χ3n) is 2.68. The predicted molar refractivity (Wildman–Crippen MR) is 75.2 cm³/mol. The minimum atomic E-state index is -0.533. The van der Waals surface area contributed by atoms with Crippen LogP contribution < -0.4 is 10.1 Å². The maximum atomic E-state index is 11.7. The van der Waals surface area contributed by atoms with E-state index >= 15 is 0 Å². The van der Waals surface area contributed by atoms with Crippen molar-refractivity contribution in [2.45, 2.75) is 39.8 Å². The van der Waals surface area contributed by atoms with Crippen LogP contribution in [-0.2, 0) is 16.1 Å². The number of benzene rings is 1. The first kappa shape index (κ1) is 15.5. The number of rotatable bonds is 8. The Bertz CT molecular complexity index is 393. The minimum Gasteiger partial charge on any atom is -0.479 e. The van der Waals surface area contributed by atoms with E-state index in [9.17, 15) is 4.79 Å². The Hall–Kier alpha value is -1.55. The smallest absolute Gasteiger partial charge is 0.347 e. The Kier molecular flexibility index (Phi) is 6.97. The second-order valence-electron chi connectivity index (χ2n) is 4.19. The minimum absolute atomic E-state index is 0.304. The molecule has 0 saturated heterocycles. The van der Waals surface area contributed by atoms with Gasteiger partial charge in [-0.25, -0.2) is 4.79 Å². The second kappa shape index (κ2) is 8.53. The zero-order valence-corrected chi connectivity index (χ0v) is 11.9. The van der Waals surface area contributed by atoms with E-state index < -0.39 is 6.10 Å². The third-order valence-corrected chi connectivity index (χ3v) is 2.68. The van der Waals surface area contributed by atoms with Gasteiger partial charge >= 0.3 is 5.97 Å². The van der Waals surface area contributed by atoms with Gasteiger partial charge in [0.05, 0.1) is 6.61 Å². The molecule has 0 amide bonds. The van der Waals surface area contributed by atoms with E-state index in [1.54, 1.807) is 6.92 Å². The summed E-state index contributed by atoms with van der Waals surface area (Å²) in [7, 11) is 0. The lowest BCUT2D eigenvalue weighted by molar-refractivity contribution is -0.151. The monoisotopic (exact) mass is 265 g/mol. The van der Waals surface area contributed by atoms with Gasteiger partial charge in [-0.15, -0.1) is 0 Å². The van der Waals surface area contributed by atoms with Gasteiger partial charge in [-0.3, -0.25) is 0 Å². The molecule has 1 aromatic carbocycles. The van der Waals surface area contributed by atoms with Crippen molar-refractivity contribution in [1.82, 2.24) is 5.32 Å². The number of nitrogens with one attached hydrogen (secondary N) is 1. The summed E-state index contributed by atoms with van der Waals surface area (Å²) in [5, 5.41) is 3.25. The van der Waals surface area contributed by atoms with E-state index in [0.29, 0.717) is 18.8 Å². The molecule has 0 aliphatic heterocycles. The van der Waals surface area contributed by atoms with E-state index in [2.05, 4.69) is 12.2 Å². The standard InChI is InChI=1S/C15H23NO3/c1-4-14(15(17)18-6-3)19-13-9-7-8-12(10-13)11-16-5-2/h7-10,14,16H,4-6,11H2,1-3H3. The molecule has 0 bridgehead atoms. The highest BCUT2D eigenvalue weighted by Gasteiger charge is 2.19. The van der Waals surface area contributed by atoms with Crippen molar-refractivity contribution in [3.8, 4) is 5.75 Å². The molecule has 1 aromatic rings. The number of carbonyl (C=O) groups is 1. The van der Waals surface area contributed by atoms with Crippen molar-refractivity contribution in [2.24, 2.45) is 0 Å². The van der Waals surface area contributed by atoms with Gasteiger partial charge in [-0.05, 0) is 37.6 Å². The van der Waals surface area contributed by atoms with Crippen LogP contribution in [0.1, 0.15) is 32.8 Å². The summed E-state index contributed by atoms with van der Waals surface area (Å²) in [5.74, 6) is 0.400. The van der Waals surface area contributed by atoms with Crippen LogP contribution in [0.15, 0.2) is 24.3 Å². The molecular weight excluding hydrogens is 242 g/mol. The average molecular weight is 265 g/mol. The SMILES string of the molecule is CCNCc1cccc(OC(CC)C(=O)OCC)c1. The number of ether oxygens (including phenoxy) is 2. The molecule has 0 aliphatic rings. The van der Waals surface area contributed by atoms with E-state index in [1.165, 1.54) is 0 Å². The molecule has 1 N–H and O–H groups in total. The fourth-order valence-corrected chi connectivity index (χ4v) is 1.70. The van der Waals surface area contributed by atoms with Gasteiger partial charge in [0.15, 0.2) is 6.10 Å². The number of hydrogen-bond acceptors (Lipinski definition) is 4. The Morgan fingerprint density at radius 1 is 1.32 bits per heavy atom.